The molecule has 0 radical (unpaired) electrons. The van der Waals surface area contributed by atoms with E-state index in [9.17, 15) is 26.4 Å². The molecule has 3 aromatic rings. The maximum Gasteiger partial charge on any atom is 0.434 e. The first-order chi connectivity index (χ1) is 15.9. The fourth-order valence-electron chi connectivity index (χ4n) is 3.25. The molecule has 2 aromatic carbocycles. The molecule has 7 nitrogen and oxygen atoms in total. The number of carbonyl (C=O) groups excluding carboxylic acids is 1. The summed E-state index contributed by atoms with van der Waals surface area (Å²) in [6, 6.07) is 12.3. The van der Waals surface area contributed by atoms with Crippen LogP contribution >= 0.6 is 0 Å². The van der Waals surface area contributed by atoms with Gasteiger partial charge in [-0.3, -0.25) is 4.79 Å². The summed E-state index contributed by atoms with van der Waals surface area (Å²) in [5.41, 5.74) is -0.602. The number of amides is 1. The summed E-state index contributed by atoms with van der Waals surface area (Å²) in [6.07, 6.45) is -2.46. The van der Waals surface area contributed by atoms with Crippen LogP contribution in [0.1, 0.15) is 28.0 Å². The van der Waals surface area contributed by atoms with Gasteiger partial charge in [0.1, 0.15) is 5.75 Å². The van der Waals surface area contributed by atoms with Crippen molar-refractivity contribution in [1.29, 1.82) is 0 Å². The third kappa shape index (κ3) is 5.96. The van der Waals surface area contributed by atoms with Crippen molar-refractivity contribution in [3.05, 3.63) is 71.5 Å². The first-order valence-corrected chi connectivity index (χ1v) is 12.2. The van der Waals surface area contributed by atoms with E-state index in [1.54, 1.807) is 24.3 Å². The predicted octanol–water partition coefficient (Wildman–Crippen LogP) is 4.14. The van der Waals surface area contributed by atoms with Gasteiger partial charge in [-0.2, -0.15) is 18.3 Å². The predicted molar refractivity (Wildman–Crippen MR) is 120 cm³/mol. The molecule has 1 amide bonds. The minimum Gasteiger partial charge on any atom is -0.493 e. The first-order valence-electron chi connectivity index (χ1n) is 10.3. The van der Waals surface area contributed by atoms with E-state index in [1.807, 2.05) is 6.92 Å². The van der Waals surface area contributed by atoms with E-state index < -0.39 is 33.2 Å². The Morgan fingerprint density at radius 1 is 1.15 bits per heavy atom. The van der Waals surface area contributed by atoms with Crippen LogP contribution in [-0.4, -0.2) is 55.5 Å². The largest absolute Gasteiger partial charge is 0.493 e. The van der Waals surface area contributed by atoms with Crippen molar-refractivity contribution >= 4 is 15.7 Å². The maximum absolute atomic E-state index is 13.8. The molecular formula is C23H24F3N3O4S. The number of aryl methyl sites for hydroxylation is 1. The summed E-state index contributed by atoms with van der Waals surface area (Å²) in [7, 11) is -1.98. The van der Waals surface area contributed by atoms with Crippen molar-refractivity contribution in [3.63, 3.8) is 0 Å². The van der Waals surface area contributed by atoms with Crippen molar-refractivity contribution in [1.82, 2.24) is 14.7 Å². The Labute approximate surface area is 195 Å². The zero-order valence-corrected chi connectivity index (χ0v) is 19.7. The molecule has 3 rings (SSSR count). The molecule has 0 saturated carbocycles. The normalized spacial score (nSPS) is 11.9. The number of nitrogens with zero attached hydrogens (tertiary/aromatic N) is 3. The second-order valence-corrected chi connectivity index (χ2v) is 9.84. The standard InChI is InChI=1S/C23H24F3N3O4S/c1-16-8-10-17(11-9-16)29-21(23(24,25)26)20(15-27-29)22(30)28(2)12-5-13-33-18-6-4-7-19(14-18)34(3,31)32/h4,6-11,14-15H,5,12-13H2,1-3H3. The number of hydrogen-bond acceptors (Lipinski definition) is 5. The minimum atomic E-state index is -4.79. The number of alkyl halides is 3. The van der Waals surface area contributed by atoms with Gasteiger partial charge in [-0.15, -0.1) is 0 Å². The molecular weight excluding hydrogens is 471 g/mol. The molecule has 11 heteroatoms. The Morgan fingerprint density at radius 2 is 1.82 bits per heavy atom. The van der Waals surface area contributed by atoms with Gasteiger partial charge in [0.15, 0.2) is 15.5 Å². The minimum absolute atomic E-state index is 0.113. The number of sulfone groups is 1. The molecule has 0 spiro atoms. The molecule has 0 aliphatic heterocycles. The summed E-state index contributed by atoms with van der Waals surface area (Å²) < 4.78 is 71.1. The Balaban J connectivity index is 1.68. The van der Waals surface area contributed by atoms with Gasteiger partial charge in [0, 0.05) is 19.8 Å². The molecule has 182 valence electrons. The first kappa shape index (κ1) is 25.3. The van der Waals surface area contributed by atoms with Gasteiger partial charge in [0.2, 0.25) is 0 Å². The number of hydrogen-bond donors (Lipinski definition) is 0. The average molecular weight is 496 g/mol. The second kappa shape index (κ2) is 9.88. The van der Waals surface area contributed by atoms with E-state index in [-0.39, 0.29) is 23.7 Å². The van der Waals surface area contributed by atoms with E-state index in [1.165, 1.54) is 36.2 Å². The SMILES string of the molecule is Cc1ccc(-n2ncc(C(=O)N(C)CCCOc3cccc(S(C)(=O)=O)c3)c2C(F)(F)F)cc1. The van der Waals surface area contributed by atoms with Crippen molar-refractivity contribution in [2.45, 2.75) is 24.4 Å². The average Bonchev–Trinajstić information content (AvgIpc) is 3.22. The van der Waals surface area contributed by atoms with Crippen molar-refractivity contribution < 1.29 is 31.1 Å². The highest BCUT2D eigenvalue weighted by Crippen LogP contribution is 2.34. The molecule has 34 heavy (non-hydrogen) atoms. The molecule has 0 fully saturated rings. The van der Waals surface area contributed by atoms with Gasteiger partial charge in [0.05, 0.1) is 29.0 Å². The monoisotopic (exact) mass is 495 g/mol. The number of ether oxygens (including phenoxy) is 1. The third-order valence-electron chi connectivity index (χ3n) is 5.03. The Morgan fingerprint density at radius 3 is 2.44 bits per heavy atom. The highest BCUT2D eigenvalue weighted by atomic mass is 32.2. The van der Waals surface area contributed by atoms with Crippen LogP contribution in [0.5, 0.6) is 5.75 Å². The summed E-state index contributed by atoms with van der Waals surface area (Å²) in [6.45, 7) is 2.07. The lowest BCUT2D eigenvalue weighted by Gasteiger charge is -2.19. The van der Waals surface area contributed by atoms with E-state index in [0.29, 0.717) is 12.2 Å². The van der Waals surface area contributed by atoms with Crippen LogP contribution in [0.25, 0.3) is 5.69 Å². The molecule has 1 aromatic heterocycles. The Bertz CT molecular complexity index is 1270. The highest BCUT2D eigenvalue weighted by molar-refractivity contribution is 7.90. The van der Waals surface area contributed by atoms with Gasteiger partial charge in [-0.05, 0) is 43.7 Å². The number of carbonyl (C=O) groups is 1. The zero-order valence-electron chi connectivity index (χ0n) is 18.8. The summed E-state index contributed by atoms with van der Waals surface area (Å²) in [5.74, 6) is -0.472. The molecule has 0 bridgehead atoms. The van der Waals surface area contributed by atoms with E-state index in [0.717, 1.165) is 22.7 Å². The van der Waals surface area contributed by atoms with Gasteiger partial charge >= 0.3 is 6.18 Å². The van der Waals surface area contributed by atoms with Crippen LogP contribution in [0.4, 0.5) is 13.2 Å². The molecule has 0 unspecified atom stereocenters. The van der Waals surface area contributed by atoms with E-state index >= 15 is 0 Å². The topological polar surface area (TPSA) is 81.5 Å². The molecule has 0 aliphatic rings. The number of benzene rings is 2. The lowest BCUT2D eigenvalue weighted by molar-refractivity contribution is -0.143. The summed E-state index contributed by atoms with van der Waals surface area (Å²) >= 11 is 0. The lowest BCUT2D eigenvalue weighted by Crippen LogP contribution is -2.30. The van der Waals surface area contributed by atoms with Crippen LogP contribution < -0.4 is 4.74 Å². The van der Waals surface area contributed by atoms with Gasteiger partial charge in [-0.25, -0.2) is 13.1 Å². The van der Waals surface area contributed by atoms with Crippen molar-refractivity contribution in [2.24, 2.45) is 0 Å². The summed E-state index contributed by atoms with van der Waals surface area (Å²) in [4.78, 5) is 14.1. The molecule has 0 saturated heterocycles. The van der Waals surface area contributed by atoms with Crippen LogP contribution in [0.3, 0.4) is 0 Å². The van der Waals surface area contributed by atoms with E-state index in [2.05, 4.69) is 5.10 Å². The second-order valence-electron chi connectivity index (χ2n) is 7.83. The maximum atomic E-state index is 13.8. The zero-order chi connectivity index (χ0) is 25.1. The molecule has 0 atom stereocenters. The lowest BCUT2D eigenvalue weighted by atomic mass is 10.2. The molecule has 1 heterocycles. The third-order valence-corrected chi connectivity index (χ3v) is 6.14. The van der Waals surface area contributed by atoms with Crippen LogP contribution in [-0.2, 0) is 16.0 Å². The van der Waals surface area contributed by atoms with Gasteiger partial charge in [-0.1, -0.05) is 23.8 Å². The van der Waals surface area contributed by atoms with Gasteiger partial charge in [0.25, 0.3) is 5.91 Å². The summed E-state index contributed by atoms with van der Waals surface area (Å²) in [5, 5.41) is 3.83. The van der Waals surface area contributed by atoms with Crippen molar-refractivity contribution in [3.8, 4) is 11.4 Å². The Kier molecular flexibility index (Phi) is 7.35. The fourth-order valence-corrected chi connectivity index (χ4v) is 3.91. The number of rotatable bonds is 8. The number of halogens is 3. The van der Waals surface area contributed by atoms with Crippen LogP contribution in [0.15, 0.2) is 59.6 Å². The quantitative estimate of drug-likeness (QED) is 0.439. The van der Waals surface area contributed by atoms with Crippen LogP contribution in [0.2, 0.25) is 0 Å². The molecule has 0 N–H and O–H groups in total. The van der Waals surface area contributed by atoms with E-state index in [4.69, 9.17) is 4.74 Å². The number of aromatic nitrogens is 2. The smallest absolute Gasteiger partial charge is 0.434 e. The van der Waals surface area contributed by atoms with Crippen molar-refractivity contribution in [2.75, 3.05) is 26.5 Å². The fraction of sp³-hybridized carbons (Fsp3) is 0.304. The molecule has 0 aliphatic carbocycles. The highest BCUT2D eigenvalue weighted by Gasteiger charge is 2.41. The Hall–Kier alpha value is -3.34. The van der Waals surface area contributed by atoms with Gasteiger partial charge < -0.3 is 9.64 Å². The van der Waals surface area contributed by atoms with Crippen LogP contribution in [0, 0.1) is 6.92 Å².